The van der Waals surface area contributed by atoms with Crippen LogP contribution >= 0.6 is 0 Å². The molecule has 2 aliphatic rings. The topological polar surface area (TPSA) is 20.2 Å². The maximum Gasteiger partial charge on any atom is 0.0579 e. The lowest BCUT2D eigenvalue weighted by Crippen LogP contribution is -2.26. The molecule has 2 aliphatic carbocycles. The fourth-order valence-corrected chi connectivity index (χ4v) is 3.25. The highest BCUT2D eigenvalue weighted by atomic mass is 16.3. The molecule has 0 spiro atoms. The zero-order chi connectivity index (χ0) is 8.28. The maximum absolute atomic E-state index is 9.72. The van der Waals surface area contributed by atoms with Crippen molar-refractivity contribution in [2.24, 2.45) is 16.7 Å². The van der Waals surface area contributed by atoms with Gasteiger partial charge in [0.2, 0.25) is 0 Å². The van der Waals surface area contributed by atoms with Crippen molar-refractivity contribution in [1.29, 1.82) is 0 Å². The van der Waals surface area contributed by atoms with Gasteiger partial charge in [-0.2, -0.15) is 0 Å². The van der Waals surface area contributed by atoms with Crippen molar-refractivity contribution in [1.82, 2.24) is 0 Å². The van der Waals surface area contributed by atoms with Gasteiger partial charge in [0.1, 0.15) is 0 Å². The largest absolute Gasteiger partial charge is 0.393 e. The molecular formula is C10H18O. The van der Waals surface area contributed by atoms with Crippen molar-refractivity contribution in [2.75, 3.05) is 0 Å². The van der Waals surface area contributed by atoms with E-state index in [-0.39, 0.29) is 6.10 Å². The number of aliphatic hydroxyl groups excluding tert-OH is 1. The molecule has 0 aromatic rings. The Labute approximate surface area is 68.8 Å². The Morgan fingerprint density at radius 3 is 2.09 bits per heavy atom. The second kappa shape index (κ2) is 1.82. The molecule has 0 aliphatic heterocycles. The summed E-state index contributed by atoms with van der Waals surface area (Å²) in [7, 11) is 0. The molecule has 0 saturated heterocycles. The number of aliphatic hydroxyl groups is 1. The Hall–Kier alpha value is -0.0400. The summed E-state index contributed by atoms with van der Waals surface area (Å²) >= 11 is 0. The van der Waals surface area contributed by atoms with Crippen molar-refractivity contribution in [2.45, 2.75) is 46.1 Å². The van der Waals surface area contributed by atoms with Crippen LogP contribution in [0.2, 0.25) is 0 Å². The second-order valence-corrected chi connectivity index (χ2v) is 5.20. The monoisotopic (exact) mass is 154 g/mol. The average molecular weight is 154 g/mol. The second-order valence-electron chi connectivity index (χ2n) is 5.20. The Bertz CT molecular complexity index is 183. The normalized spacial score (nSPS) is 53.5. The van der Waals surface area contributed by atoms with Crippen molar-refractivity contribution in [3.8, 4) is 0 Å². The van der Waals surface area contributed by atoms with E-state index in [1.165, 1.54) is 12.8 Å². The van der Waals surface area contributed by atoms with Crippen molar-refractivity contribution in [3.05, 3.63) is 0 Å². The zero-order valence-corrected chi connectivity index (χ0v) is 7.72. The van der Waals surface area contributed by atoms with Gasteiger partial charge in [-0.1, -0.05) is 20.8 Å². The smallest absolute Gasteiger partial charge is 0.0579 e. The molecule has 0 amide bonds. The van der Waals surface area contributed by atoms with Crippen LogP contribution in [0.4, 0.5) is 0 Å². The molecule has 0 unspecified atom stereocenters. The predicted molar refractivity (Wildman–Crippen MR) is 45.2 cm³/mol. The third-order valence-corrected chi connectivity index (χ3v) is 4.61. The summed E-state index contributed by atoms with van der Waals surface area (Å²) < 4.78 is 0. The molecule has 1 heteroatoms. The maximum atomic E-state index is 9.72. The Morgan fingerprint density at radius 2 is 1.91 bits per heavy atom. The SMILES string of the molecule is CC1(C)[C@@H]2CC[C@@]1(C)C[C@@H]2O. The van der Waals surface area contributed by atoms with Crippen LogP contribution < -0.4 is 0 Å². The van der Waals surface area contributed by atoms with Crippen LogP contribution in [0.25, 0.3) is 0 Å². The van der Waals surface area contributed by atoms with Gasteiger partial charge in [0.05, 0.1) is 6.10 Å². The molecule has 1 nitrogen and oxygen atoms in total. The first-order valence-electron chi connectivity index (χ1n) is 4.65. The minimum Gasteiger partial charge on any atom is -0.393 e. The van der Waals surface area contributed by atoms with Gasteiger partial charge in [0.15, 0.2) is 0 Å². The van der Waals surface area contributed by atoms with E-state index in [9.17, 15) is 5.11 Å². The lowest BCUT2D eigenvalue weighted by atomic mass is 9.71. The fourth-order valence-electron chi connectivity index (χ4n) is 3.25. The van der Waals surface area contributed by atoms with Gasteiger partial charge in [-0.15, -0.1) is 0 Å². The summed E-state index contributed by atoms with van der Waals surface area (Å²) in [5.41, 5.74) is 0.809. The first kappa shape index (κ1) is 7.60. The molecule has 0 aromatic heterocycles. The van der Waals surface area contributed by atoms with Crippen molar-refractivity contribution in [3.63, 3.8) is 0 Å². The van der Waals surface area contributed by atoms with E-state index in [2.05, 4.69) is 20.8 Å². The van der Waals surface area contributed by atoms with Crippen molar-refractivity contribution < 1.29 is 5.11 Å². The predicted octanol–water partition coefficient (Wildman–Crippen LogP) is 2.19. The molecule has 64 valence electrons. The Balaban J connectivity index is 2.37. The van der Waals surface area contributed by atoms with Gasteiger partial charge in [-0.05, 0) is 36.0 Å². The van der Waals surface area contributed by atoms with Crippen LogP contribution in [0, 0.1) is 16.7 Å². The number of hydrogen-bond donors (Lipinski definition) is 1. The van der Waals surface area contributed by atoms with Gasteiger partial charge in [0, 0.05) is 0 Å². The molecule has 11 heavy (non-hydrogen) atoms. The van der Waals surface area contributed by atoms with Crippen molar-refractivity contribution >= 4 is 0 Å². The highest BCUT2D eigenvalue weighted by Crippen LogP contribution is 2.65. The summed E-state index contributed by atoms with van der Waals surface area (Å²) in [6.45, 7) is 6.98. The van der Waals surface area contributed by atoms with Gasteiger partial charge in [-0.25, -0.2) is 0 Å². The lowest BCUT2D eigenvalue weighted by molar-refractivity contribution is 0.0941. The highest BCUT2D eigenvalue weighted by Gasteiger charge is 2.59. The summed E-state index contributed by atoms with van der Waals surface area (Å²) in [6.07, 6.45) is 3.58. The molecule has 2 rings (SSSR count). The molecule has 3 atom stereocenters. The molecule has 0 aromatic carbocycles. The zero-order valence-electron chi connectivity index (χ0n) is 7.72. The van der Waals surface area contributed by atoms with Gasteiger partial charge >= 0.3 is 0 Å². The minimum absolute atomic E-state index is 0.0104. The molecule has 2 saturated carbocycles. The van der Waals surface area contributed by atoms with Gasteiger partial charge < -0.3 is 5.11 Å². The van der Waals surface area contributed by atoms with Gasteiger partial charge in [-0.3, -0.25) is 0 Å². The van der Waals surface area contributed by atoms with E-state index in [1.807, 2.05) is 0 Å². The van der Waals surface area contributed by atoms with Crippen LogP contribution in [0.5, 0.6) is 0 Å². The number of hydrogen-bond acceptors (Lipinski definition) is 1. The lowest BCUT2D eigenvalue weighted by Gasteiger charge is -2.33. The van der Waals surface area contributed by atoms with Crippen LogP contribution in [-0.4, -0.2) is 11.2 Å². The van der Waals surface area contributed by atoms with E-state index < -0.39 is 0 Å². The van der Waals surface area contributed by atoms with Crippen LogP contribution in [-0.2, 0) is 0 Å². The fraction of sp³-hybridized carbons (Fsp3) is 1.00. The van der Waals surface area contributed by atoms with E-state index in [0.717, 1.165) is 6.42 Å². The quantitative estimate of drug-likeness (QED) is 0.567. The number of fused-ring (bicyclic) bond motifs is 2. The molecule has 2 bridgehead atoms. The highest BCUT2D eigenvalue weighted by molar-refractivity contribution is 5.09. The minimum atomic E-state index is -0.0104. The Morgan fingerprint density at radius 1 is 1.27 bits per heavy atom. The summed E-state index contributed by atoms with van der Waals surface area (Å²) in [4.78, 5) is 0. The molecule has 2 fully saturated rings. The van der Waals surface area contributed by atoms with E-state index in [4.69, 9.17) is 0 Å². The standard InChI is InChI=1S/C10H18O/c1-9(2)7-4-5-10(9,3)6-8(7)11/h7-8,11H,4-6H2,1-3H3/t7-,8+,10+/m1/s1. The van der Waals surface area contributed by atoms with E-state index >= 15 is 0 Å². The van der Waals surface area contributed by atoms with Gasteiger partial charge in [0.25, 0.3) is 0 Å². The third-order valence-electron chi connectivity index (χ3n) is 4.61. The number of rotatable bonds is 0. The summed E-state index contributed by atoms with van der Waals surface area (Å²) in [5, 5.41) is 9.72. The Kier molecular flexibility index (Phi) is 1.26. The van der Waals surface area contributed by atoms with E-state index in [0.29, 0.717) is 16.7 Å². The molecule has 0 radical (unpaired) electrons. The molecule has 1 N–H and O–H groups in total. The van der Waals surface area contributed by atoms with Crippen LogP contribution in [0.15, 0.2) is 0 Å². The third kappa shape index (κ3) is 0.703. The first-order chi connectivity index (χ1) is 4.97. The summed E-state index contributed by atoms with van der Waals surface area (Å²) in [5.74, 6) is 0.576. The molecular weight excluding hydrogens is 136 g/mol. The van der Waals surface area contributed by atoms with Crippen LogP contribution in [0.3, 0.4) is 0 Å². The molecule has 0 heterocycles. The van der Waals surface area contributed by atoms with Crippen LogP contribution in [0.1, 0.15) is 40.0 Å². The first-order valence-corrected chi connectivity index (χ1v) is 4.65. The average Bonchev–Trinajstić information content (AvgIpc) is 2.13. The van der Waals surface area contributed by atoms with E-state index in [1.54, 1.807) is 0 Å². The summed E-state index contributed by atoms with van der Waals surface area (Å²) in [6, 6.07) is 0.